The number of nitrogen functional groups attached to an aromatic ring is 1. The molecule has 0 amide bonds. The standard InChI is InChI=1S/C11H18N2O/c1-8-6-10(11(12)13-7-8)9(2)4-5-14-3/h6-7,9H,4-5H2,1-3H3,(H2,12,13). The van der Waals surface area contributed by atoms with Crippen LogP contribution in [0.4, 0.5) is 5.82 Å². The van der Waals surface area contributed by atoms with Gasteiger partial charge in [0.1, 0.15) is 5.82 Å². The molecule has 0 fully saturated rings. The predicted molar refractivity (Wildman–Crippen MR) is 58.3 cm³/mol. The molecule has 0 aliphatic rings. The summed E-state index contributed by atoms with van der Waals surface area (Å²) in [4.78, 5) is 4.14. The monoisotopic (exact) mass is 194 g/mol. The second-order valence-electron chi connectivity index (χ2n) is 3.67. The zero-order chi connectivity index (χ0) is 10.6. The van der Waals surface area contributed by atoms with E-state index in [-0.39, 0.29) is 0 Å². The van der Waals surface area contributed by atoms with Crippen LogP contribution in [-0.2, 0) is 4.74 Å². The lowest BCUT2D eigenvalue weighted by molar-refractivity contribution is 0.189. The zero-order valence-electron chi connectivity index (χ0n) is 9.08. The lowest BCUT2D eigenvalue weighted by Gasteiger charge is -2.13. The normalized spacial score (nSPS) is 12.8. The molecule has 2 N–H and O–H groups in total. The van der Waals surface area contributed by atoms with Crippen LogP contribution in [-0.4, -0.2) is 18.7 Å². The Bertz CT molecular complexity index is 299. The number of hydrogen-bond donors (Lipinski definition) is 1. The second-order valence-corrected chi connectivity index (χ2v) is 3.67. The van der Waals surface area contributed by atoms with Gasteiger partial charge in [-0.1, -0.05) is 13.0 Å². The van der Waals surface area contributed by atoms with Crippen molar-refractivity contribution in [1.82, 2.24) is 4.98 Å². The van der Waals surface area contributed by atoms with Gasteiger partial charge in [0, 0.05) is 19.9 Å². The van der Waals surface area contributed by atoms with E-state index in [2.05, 4.69) is 18.0 Å². The number of anilines is 1. The molecule has 1 unspecified atom stereocenters. The molecule has 0 aromatic carbocycles. The average molecular weight is 194 g/mol. The molecular weight excluding hydrogens is 176 g/mol. The Morgan fingerprint density at radius 3 is 2.93 bits per heavy atom. The molecule has 0 bridgehead atoms. The minimum Gasteiger partial charge on any atom is -0.385 e. The van der Waals surface area contributed by atoms with E-state index in [1.54, 1.807) is 13.3 Å². The Morgan fingerprint density at radius 1 is 1.57 bits per heavy atom. The van der Waals surface area contributed by atoms with Crippen molar-refractivity contribution in [1.29, 1.82) is 0 Å². The molecule has 0 aliphatic heterocycles. The largest absolute Gasteiger partial charge is 0.385 e. The molecule has 78 valence electrons. The van der Waals surface area contributed by atoms with E-state index < -0.39 is 0 Å². The van der Waals surface area contributed by atoms with E-state index in [0.29, 0.717) is 11.7 Å². The summed E-state index contributed by atoms with van der Waals surface area (Å²) >= 11 is 0. The molecular formula is C11H18N2O. The maximum atomic E-state index is 5.81. The number of hydrogen-bond acceptors (Lipinski definition) is 3. The maximum Gasteiger partial charge on any atom is 0.126 e. The van der Waals surface area contributed by atoms with Gasteiger partial charge in [-0.2, -0.15) is 0 Å². The summed E-state index contributed by atoms with van der Waals surface area (Å²) in [6.45, 7) is 4.93. The Kier molecular flexibility index (Phi) is 3.89. The van der Waals surface area contributed by atoms with Gasteiger partial charge in [-0.15, -0.1) is 0 Å². The summed E-state index contributed by atoms with van der Waals surface area (Å²) in [5.74, 6) is 1.04. The van der Waals surface area contributed by atoms with Crippen molar-refractivity contribution in [3.05, 3.63) is 23.4 Å². The average Bonchev–Trinajstić information content (AvgIpc) is 2.18. The molecule has 0 saturated heterocycles. The van der Waals surface area contributed by atoms with E-state index >= 15 is 0 Å². The number of aryl methyl sites for hydroxylation is 1. The van der Waals surface area contributed by atoms with Crippen molar-refractivity contribution in [2.45, 2.75) is 26.2 Å². The molecule has 1 aromatic heterocycles. The topological polar surface area (TPSA) is 48.1 Å². The van der Waals surface area contributed by atoms with Crippen LogP contribution in [0.2, 0.25) is 0 Å². The summed E-state index contributed by atoms with van der Waals surface area (Å²) in [5, 5.41) is 0. The van der Waals surface area contributed by atoms with Crippen molar-refractivity contribution < 1.29 is 4.74 Å². The van der Waals surface area contributed by atoms with E-state index in [0.717, 1.165) is 24.2 Å². The summed E-state index contributed by atoms with van der Waals surface area (Å²) in [5.41, 5.74) is 8.09. The molecule has 3 nitrogen and oxygen atoms in total. The molecule has 0 aliphatic carbocycles. The van der Waals surface area contributed by atoms with Crippen molar-refractivity contribution in [2.75, 3.05) is 19.5 Å². The lowest BCUT2D eigenvalue weighted by atomic mass is 9.98. The number of pyridine rings is 1. The van der Waals surface area contributed by atoms with E-state index in [9.17, 15) is 0 Å². The maximum absolute atomic E-state index is 5.81. The summed E-state index contributed by atoms with van der Waals surface area (Å²) < 4.78 is 5.04. The third-order valence-electron chi connectivity index (χ3n) is 2.37. The summed E-state index contributed by atoms with van der Waals surface area (Å²) in [6, 6.07) is 2.10. The van der Waals surface area contributed by atoms with Crippen LogP contribution in [0.25, 0.3) is 0 Å². The highest BCUT2D eigenvalue weighted by Crippen LogP contribution is 2.23. The molecule has 0 radical (unpaired) electrons. The van der Waals surface area contributed by atoms with Crippen LogP contribution < -0.4 is 5.73 Å². The predicted octanol–water partition coefficient (Wildman–Crippen LogP) is 2.11. The Hall–Kier alpha value is -1.09. The van der Waals surface area contributed by atoms with Crippen molar-refractivity contribution in [3.8, 4) is 0 Å². The first-order valence-electron chi connectivity index (χ1n) is 4.86. The highest BCUT2D eigenvalue weighted by molar-refractivity contribution is 5.42. The van der Waals surface area contributed by atoms with Gasteiger partial charge in [-0.25, -0.2) is 4.98 Å². The van der Waals surface area contributed by atoms with Crippen LogP contribution in [0, 0.1) is 6.92 Å². The molecule has 0 spiro atoms. The van der Waals surface area contributed by atoms with Gasteiger partial charge in [-0.05, 0) is 30.4 Å². The van der Waals surface area contributed by atoms with Crippen LogP contribution in [0.15, 0.2) is 12.3 Å². The van der Waals surface area contributed by atoms with Crippen molar-refractivity contribution in [2.24, 2.45) is 0 Å². The molecule has 1 heterocycles. The minimum absolute atomic E-state index is 0.405. The van der Waals surface area contributed by atoms with Crippen molar-refractivity contribution >= 4 is 5.82 Å². The molecule has 1 atom stereocenters. The van der Waals surface area contributed by atoms with Gasteiger partial charge in [0.25, 0.3) is 0 Å². The first-order valence-corrected chi connectivity index (χ1v) is 4.86. The molecule has 0 saturated carbocycles. The van der Waals surface area contributed by atoms with Gasteiger partial charge in [-0.3, -0.25) is 0 Å². The first kappa shape index (κ1) is 11.0. The number of rotatable bonds is 4. The third kappa shape index (κ3) is 2.70. The summed E-state index contributed by atoms with van der Waals surface area (Å²) in [7, 11) is 1.71. The van der Waals surface area contributed by atoms with Gasteiger partial charge in [0.15, 0.2) is 0 Å². The fraction of sp³-hybridized carbons (Fsp3) is 0.545. The van der Waals surface area contributed by atoms with Crippen LogP contribution in [0.1, 0.15) is 30.4 Å². The number of nitrogens with zero attached hydrogens (tertiary/aromatic N) is 1. The second kappa shape index (κ2) is 4.96. The summed E-state index contributed by atoms with van der Waals surface area (Å²) in [6.07, 6.45) is 2.77. The third-order valence-corrected chi connectivity index (χ3v) is 2.37. The Balaban J connectivity index is 2.77. The van der Waals surface area contributed by atoms with Gasteiger partial charge < -0.3 is 10.5 Å². The molecule has 1 rings (SSSR count). The highest BCUT2D eigenvalue weighted by atomic mass is 16.5. The van der Waals surface area contributed by atoms with Crippen LogP contribution >= 0.6 is 0 Å². The first-order chi connectivity index (χ1) is 6.65. The number of nitrogens with two attached hydrogens (primary N) is 1. The van der Waals surface area contributed by atoms with Gasteiger partial charge in [0.2, 0.25) is 0 Å². The minimum atomic E-state index is 0.405. The highest BCUT2D eigenvalue weighted by Gasteiger charge is 2.09. The lowest BCUT2D eigenvalue weighted by Crippen LogP contribution is -2.04. The molecule has 1 aromatic rings. The fourth-order valence-electron chi connectivity index (χ4n) is 1.45. The molecule has 3 heteroatoms. The van der Waals surface area contributed by atoms with Crippen LogP contribution in [0.3, 0.4) is 0 Å². The van der Waals surface area contributed by atoms with Crippen LogP contribution in [0.5, 0.6) is 0 Å². The molecule has 14 heavy (non-hydrogen) atoms. The number of aromatic nitrogens is 1. The Morgan fingerprint density at radius 2 is 2.29 bits per heavy atom. The quantitative estimate of drug-likeness (QED) is 0.798. The van der Waals surface area contributed by atoms with E-state index in [1.165, 1.54) is 0 Å². The smallest absolute Gasteiger partial charge is 0.126 e. The van der Waals surface area contributed by atoms with Gasteiger partial charge in [0.05, 0.1) is 0 Å². The SMILES string of the molecule is COCCC(C)c1cc(C)cnc1N. The van der Waals surface area contributed by atoms with E-state index in [4.69, 9.17) is 10.5 Å². The fourth-order valence-corrected chi connectivity index (χ4v) is 1.45. The van der Waals surface area contributed by atoms with E-state index in [1.807, 2.05) is 6.92 Å². The number of ether oxygens (including phenoxy) is 1. The van der Waals surface area contributed by atoms with Crippen molar-refractivity contribution in [3.63, 3.8) is 0 Å². The number of methoxy groups -OCH3 is 1. The Labute approximate surface area is 85.3 Å². The van der Waals surface area contributed by atoms with Gasteiger partial charge >= 0.3 is 0 Å². The zero-order valence-corrected chi connectivity index (χ0v) is 9.08.